The van der Waals surface area contributed by atoms with E-state index in [0.29, 0.717) is 11.5 Å². The number of rotatable bonds is 5. The van der Waals surface area contributed by atoms with E-state index in [1.54, 1.807) is 0 Å². The Morgan fingerprint density at radius 2 is 1.94 bits per heavy atom. The molecule has 2 saturated carbocycles. The van der Waals surface area contributed by atoms with Gasteiger partial charge in [-0.1, -0.05) is 55.0 Å². The first-order valence-electron chi connectivity index (χ1n) is 7.45. The van der Waals surface area contributed by atoms with E-state index in [4.69, 9.17) is 4.74 Å². The predicted molar refractivity (Wildman–Crippen MR) is 76.7 cm³/mol. The zero-order chi connectivity index (χ0) is 12.1. The Morgan fingerprint density at radius 3 is 2.59 bits per heavy atom. The van der Waals surface area contributed by atoms with Crippen LogP contribution in [0.4, 0.5) is 0 Å². The van der Waals surface area contributed by atoms with Gasteiger partial charge in [0.2, 0.25) is 0 Å². The van der Waals surface area contributed by atoms with Gasteiger partial charge in [-0.3, -0.25) is 0 Å². The summed E-state index contributed by atoms with van der Waals surface area (Å²) >= 11 is 3.70. The fraction of sp³-hybridized carbons (Fsp3) is 1.00. The zero-order valence-electron chi connectivity index (χ0n) is 11.2. The number of alkyl halides is 1. The van der Waals surface area contributed by atoms with Gasteiger partial charge in [-0.25, -0.2) is 0 Å². The molecule has 2 unspecified atom stereocenters. The van der Waals surface area contributed by atoms with Crippen LogP contribution in [0.15, 0.2) is 0 Å². The molecule has 0 saturated heterocycles. The van der Waals surface area contributed by atoms with Crippen molar-refractivity contribution in [1.82, 2.24) is 0 Å². The van der Waals surface area contributed by atoms with Gasteiger partial charge < -0.3 is 4.74 Å². The van der Waals surface area contributed by atoms with Gasteiger partial charge in [0, 0.05) is 10.7 Å². The van der Waals surface area contributed by atoms with Crippen LogP contribution in [0.1, 0.15) is 64.7 Å². The minimum Gasteiger partial charge on any atom is -0.378 e. The summed E-state index contributed by atoms with van der Waals surface area (Å²) in [6, 6.07) is 0. The Kier molecular flexibility index (Phi) is 5.35. The van der Waals surface area contributed by atoms with Crippen molar-refractivity contribution in [2.75, 3.05) is 11.9 Å². The smallest absolute Gasteiger partial charge is 0.0578 e. The molecule has 0 spiro atoms. The molecule has 0 radical (unpaired) electrons. The van der Waals surface area contributed by atoms with Crippen LogP contribution in [0, 0.1) is 11.3 Å². The molecule has 0 aromatic heterocycles. The molecule has 2 aliphatic rings. The van der Waals surface area contributed by atoms with Gasteiger partial charge in [0.25, 0.3) is 0 Å². The molecule has 0 heterocycles. The highest BCUT2D eigenvalue weighted by molar-refractivity contribution is 9.09. The molecule has 2 fully saturated rings. The second-order valence-corrected chi connectivity index (χ2v) is 6.78. The van der Waals surface area contributed by atoms with Crippen LogP contribution in [0.5, 0.6) is 0 Å². The van der Waals surface area contributed by atoms with E-state index in [2.05, 4.69) is 22.9 Å². The van der Waals surface area contributed by atoms with Crippen molar-refractivity contribution in [2.24, 2.45) is 11.3 Å². The molecule has 2 heteroatoms. The molecule has 0 amide bonds. The number of hydrogen-bond donors (Lipinski definition) is 0. The van der Waals surface area contributed by atoms with Gasteiger partial charge in [-0.2, -0.15) is 0 Å². The predicted octanol–water partition coefficient (Wildman–Crippen LogP) is 4.93. The highest BCUT2D eigenvalue weighted by Gasteiger charge is 2.34. The Morgan fingerprint density at radius 1 is 1.18 bits per heavy atom. The standard InChI is InChI=1S/C15H27BrO/c1-2-13-6-5-7-14(10-13)17-12-15(11-16)8-3-4-9-15/h13-14H,2-12H2,1H3. The first kappa shape index (κ1) is 13.9. The number of ether oxygens (including phenoxy) is 1. The molecule has 0 N–H and O–H groups in total. The SMILES string of the molecule is CCC1CCCC(OCC2(CBr)CCCC2)C1. The minimum atomic E-state index is 0.471. The summed E-state index contributed by atoms with van der Waals surface area (Å²) in [7, 11) is 0. The van der Waals surface area contributed by atoms with Crippen molar-refractivity contribution in [3.63, 3.8) is 0 Å². The van der Waals surface area contributed by atoms with Crippen LogP contribution >= 0.6 is 15.9 Å². The van der Waals surface area contributed by atoms with Crippen molar-refractivity contribution in [1.29, 1.82) is 0 Å². The molecule has 0 aromatic carbocycles. The van der Waals surface area contributed by atoms with Crippen LogP contribution in [0.25, 0.3) is 0 Å². The Hall–Kier alpha value is 0.440. The molecule has 2 atom stereocenters. The van der Waals surface area contributed by atoms with Gasteiger partial charge in [0.15, 0.2) is 0 Å². The van der Waals surface area contributed by atoms with Gasteiger partial charge in [0.05, 0.1) is 12.7 Å². The average molecular weight is 303 g/mol. The van der Waals surface area contributed by atoms with Crippen molar-refractivity contribution in [3.05, 3.63) is 0 Å². The maximum atomic E-state index is 6.26. The van der Waals surface area contributed by atoms with Crippen molar-refractivity contribution >= 4 is 15.9 Å². The molecule has 2 aliphatic carbocycles. The van der Waals surface area contributed by atoms with Gasteiger partial charge in [-0.05, 0) is 31.6 Å². The lowest BCUT2D eigenvalue weighted by Crippen LogP contribution is -2.31. The van der Waals surface area contributed by atoms with Crippen LogP contribution in [-0.2, 0) is 4.74 Å². The molecule has 0 aromatic rings. The molecule has 1 nitrogen and oxygen atoms in total. The van der Waals surface area contributed by atoms with E-state index < -0.39 is 0 Å². The van der Waals surface area contributed by atoms with E-state index >= 15 is 0 Å². The fourth-order valence-corrected chi connectivity index (χ4v) is 4.22. The van der Waals surface area contributed by atoms with E-state index in [1.165, 1.54) is 57.8 Å². The van der Waals surface area contributed by atoms with Gasteiger partial charge >= 0.3 is 0 Å². The maximum absolute atomic E-state index is 6.26. The summed E-state index contributed by atoms with van der Waals surface area (Å²) in [6.07, 6.45) is 12.8. The normalized spacial score (nSPS) is 32.8. The second-order valence-electron chi connectivity index (χ2n) is 6.21. The summed E-state index contributed by atoms with van der Waals surface area (Å²) in [5, 5.41) is 1.13. The fourth-order valence-electron chi connectivity index (χ4n) is 3.50. The minimum absolute atomic E-state index is 0.471. The van der Waals surface area contributed by atoms with Crippen LogP contribution in [-0.4, -0.2) is 18.0 Å². The van der Waals surface area contributed by atoms with Crippen molar-refractivity contribution in [3.8, 4) is 0 Å². The summed E-state index contributed by atoms with van der Waals surface area (Å²) in [6.45, 7) is 3.32. The molecular formula is C15H27BrO. The zero-order valence-corrected chi connectivity index (χ0v) is 12.8. The lowest BCUT2D eigenvalue weighted by atomic mass is 9.85. The van der Waals surface area contributed by atoms with Crippen molar-refractivity contribution in [2.45, 2.75) is 70.8 Å². The molecule has 17 heavy (non-hydrogen) atoms. The van der Waals surface area contributed by atoms with Crippen LogP contribution < -0.4 is 0 Å². The topological polar surface area (TPSA) is 9.23 Å². The molecule has 0 bridgehead atoms. The van der Waals surface area contributed by atoms with Crippen LogP contribution in [0.3, 0.4) is 0 Å². The third kappa shape index (κ3) is 3.70. The monoisotopic (exact) mass is 302 g/mol. The number of hydrogen-bond acceptors (Lipinski definition) is 1. The first-order valence-corrected chi connectivity index (χ1v) is 8.58. The largest absolute Gasteiger partial charge is 0.378 e. The lowest BCUT2D eigenvalue weighted by Gasteiger charge is -2.33. The summed E-state index contributed by atoms with van der Waals surface area (Å²) < 4.78 is 6.26. The second kappa shape index (κ2) is 6.56. The van der Waals surface area contributed by atoms with E-state index in [1.807, 2.05) is 0 Å². The van der Waals surface area contributed by atoms with Gasteiger partial charge in [-0.15, -0.1) is 0 Å². The third-order valence-corrected chi connectivity index (χ3v) is 6.07. The molecular weight excluding hydrogens is 276 g/mol. The molecule has 100 valence electrons. The quantitative estimate of drug-likeness (QED) is 0.655. The van der Waals surface area contributed by atoms with E-state index in [9.17, 15) is 0 Å². The van der Waals surface area contributed by atoms with Crippen molar-refractivity contribution < 1.29 is 4.74 Å². The summed E-state index contributed by atoms with van der Waals surface area (Å²) in [5.41, 5.74) is 0.471. The highest BCUT2D eigenvalue weighted by atomic mass is 79.9. The highest BCUT2D eigenvalue weighted by Crippen LogP contribution is 2.40. The first-order chi connectivity index (χ1) is 8.28. The number of halogens is 1. The summed E-state index contributed by atoms with van der Waals surface area (Å²) in [4.78, 5) is 0. The molecule has 0 aliphatic heterocycles. The molecule has 2 rings (SSSR count). The lowest BCUT2D eigenvalue weighted by molar-refractivity contribution is -0.0272. The Balaban J connectivity index is 1.76. The average Bonchev–Trinajstić information content (AvgIpc) is 2.86. The van der Waals surface area contributed by atoms with Gasteiger partial charge in [0.1, 0.15) is 0 Å². The summed E-state index contributed by atoms with van der Waals surface area (Å²) in [5.74, 6) is 0.928. The van der Waals surface area contributed by atoms with E-state index in [-0.39, 0.29) is 0 Å². The maximum Gasteiger partial charge on any atom is 0.0578 e. The Labute approximate surface area is 115 Å². The van der Waals surface area contributed by atoms with E-state index in [0.717, 1.165) is 17.9 Å². The third-order valence-electron chi connectivity index (χ3n) is 4.88. The Bertz CT molecular complexity index is 223. The van der Waals surface area contributed by atoms with Crippen LogP contribution in [0.2, 0.25) is 0 Å².